The summed E-state index contributed by atoms with van der Waals surface area (Å²) in [6, 6.07) is 7.64. The van der Waals surface area contributed by atoms with Crippen molar-refractivity contribution in [2.24, 2.45) is 0 Å². The van der Waals surface area contributed by atoms with E-state index in [1.54, 1.807) is 0 Å². The molecule has 1 aromatic heterocycles. The standard InChI is InChI=1S/C9H7N2O/c1-7-2-4-8(5-3-7)9-10-6-12-11-9/h2-6H,1H2. The van der Waals surface area contributed by atoms with Crippen molar-refractivity contribution in [2.45, 2.75) is 0 Å². The van der Waals surface area contributed by atoms with Gasteiger partial charge in [0.15, 0.2) is 0 Å². The summed E-state index contributed by atoms with van der Waals surface area (Å²) in [5.41, 5.74) is 1.92. The van der Waals surface area contributed by atoms with Gasteiger partial charge in [-0.1, -0.05) is 29.4 Å². The normalized spacial score (nSPS) is 10.1. The maximum absolute atomic E-state index is 4.62. The molecule has 59 valence electrons. The summed E-state index contributed by atoms with van der Waals surface area (Å²) in [7, 11) is 0. The molecule has 0 aliphatic carbocycles. The van der Waals surface area contributed by atoms with E-state index in [1.807, 2.05) is 24.3 Å². The van der Waals surface area contributed by atoms with E-state index in [1.165, 1.54) is 6.39 Å². The van der Waals surface area contributed by atoms with Crippen LogP contribution in [0.5, 0.6) is 0 Å². The van der Waals surface area contributed by atoms with Gasteiger partial charge in [0.25, 0.3) is 0 Å². The maximum Gasteiger partial charge on any atom is 0.214 e. The van der Waals surface area contributed by atoms with Crippen LogP contribution in [0.25, 0.3) is 11.4 Å². The van der Waals surface area contributed by atoms with Crippen LogP contribution in [0.1, 0.15) is 5.56 Å². The number of nitrogens with zero attached hydrogens (tertiary/aromatic N) is 2. The minimum atomic E-state index is 0.606. The molecule has 3 heteroatoms. The Bertz CT molecular complexity index is 351. The van der Waals surface area contributed by atoms with Gasteiger partial charge < -0.3 is 4.52 Å². The van der Waals surface area contributed by atoms with Crippen LogP contribution in [0, 0.1) is 6.92 Å². The third kappa shape index (κ3) is 1.21. The second-order valence-electron chi connectivity index (χ2n) is 2.45. The number of rotatable bonds is 1. The molecule has 0 atom stereocenters. The van der Waals surface area contributed by atoms with Crippen LogP contribution in [-0.4, -0.2) is 10.1 Å². The van der Waals surface area contributed by atoms with Crippen molar-refractivity contribution in [3.63, 3.8) is 0 Å². The van der Waals surface area contributed by atoms with E-state index in [-0.39, 0.29) is 0 Å². The SMILES string of the molecule is [CH2]c1ccc(-c2ncon2)cc1. The lowest BCUT2D eigenvalue weighted by Gasteiger charge is -1.93. The largest absolute Gasteiger partial charge is 0.342 e. The fourth-order valence-electron chi connectivity index (χ4n) is 0.952. The molecule has 1 aromatic carbocycles. The van der Waals surface area contributed by atoms with Crippen molar-refractivity contribution >= 4 is 0 Å². The molecule has 0 N–H and O–H groups in total. The first-order chi connectivity index (χ1) is 5.86. The molecule has 0 spiro atoms. The third-order valence-corrected chi connectivity index (χ3v) is 1.57. The van der Waals surface area contributed by atoms with E-state index >= 15 is 0 Å². The summed E-state index contributed by atoms with van der Waals surface area (Å²) in [5.74, 6) is 0.606. The van der Waals surface area contributed by atoms with Gasteiger partial charge in [0.2, 0.25) is 12.2 Å². The predicted molar refractivity (Wildman–Crippen MR) is 44.2 cm³/mol. The van der Waals surface area contributed by atoms with Crippen LogP contribution in [0.2, 0.25) is 0 Å². The minimum absolute atomic E-state index is 0.606. The summed E-state index contributed by atoms with van der Waals surface area (Å²) in [4.78, 5) is 3.92. The van der Waals surface area contributed by atoms with Crippen LogP contribution in [-0.2, 0) is 0 Å². The van der Waals surface area contributed by atoms with E-state index in [9.17, 15) is 0 Å². The number of benzene rings is 1. The van der Waals surface area contributed by atoms with Gasteiger partial charge in [0.1, 0.15) is 0 Å². The minimum Gasteiger partial charge on any atom is -0.342 e. The smallest absolute Gasteiger partial charge is 0.214 e. The summed E-state index contributed by atoms with van der Waals surface area (Å²) < 4.78 is 4.62. The second-order valence-corrected chi connectivity index (χ2v) is 2.45. The van der Waals surface area contributed by atoms with Crippen molar-refractivity contribution in [2.75, 3.05) is 0 Å². The van der Waals surface area contributed by atoms with Gasteiger partial charge in [0, 0.05) is 5.56 Å². The zero-order valence-corrected chi connectivity index (χ0v) is 6.40. The Morgan fingerprint density at radius 3 is 2.50 bits per heavy atom. The molecule has 0 fully saturated rings. The van der Waals surface area contributed by atoms with Crippen LogP contribution in [0.3, 0.4) is 0 Å². The summed E-state index contributed by atoms with van der Waals surface area (Å²) in [6.07, 6.45) is 1.31. The Labute approximate surface area is 70.0 Å². The first-order valence-electron chi connectivity index (χ1n) is 3.55. The Morgan fingerprint density at radius 2 is 1.92 bits per heavy atom. The fraction of sp³-hybridized carbons (Fsp3) is 0. The van der Waals surface area contributed by atoms with Crippen molar-refractivity contribution in [3.05, 3.63) is 43.1 Å². The Balaban J connectivity index is 2.43. The van der Waals surface area contributed by atoms with E-state index in [4.69, 9.17) is 0 Å². The van der Waals surface area contributed by atoms with Gasteiger partial charge in [-0.2, -0.15) is 4.98 Å². The lowest BCUT2D eigenvalue weighted by molar-refractivity contribution is 0.419. The van der Waals surface area contributed by atoms with E-state index in [0.717, 1.165) is 11.1 Å². The maximum atomic E-state index is 4.62. The van der Waals surface area contributed by atoms with Gasteiger partial charge in [-0.15, -0.1) is 0 Å². The van der Waals surface area contributed by atoms with E-state index < -0.39 is 0 Å². The summed E-state index contributed by atoms with van der Waals surface area (Å²) in [6.45, 7) is 3.78. The van der Waals surface area contributed by atoms with E-state index in [2.05, 4.69) is 21.6 Å². The lowest BCUT2D eigenvalue weighted by atomic mass is 10.1. The highest BCUT2D eigenvalue weighted by atomic mass is 16.5. The van der Waals surface area contributed by atoms with Crippen LogP contribution >= 0.6 is 0 Å². The van der Waals surface area contributed by atoms with Crippen LogP contribution < -0.4 is 0 Å². The highest BCUT2D eigenvalue weighted by molar-refractivity contribution is 5.54. The van der Waals surface area contributed by atoms with Crippen molar-refractivity contribution in [3.8, 4) is 11.4 Å². The average molecular weight is 159 g/mol. The second kappa shape index (κ2) is 2.77. The van der Waals surface area contributed by atoms with Crippen molar-refractivity contribution in [1.29, 1.82) is 0 Å². The van der Waals surface area contributed by atoms with Crippen LogP contribution in [0.4, 0.5) is 0 Å². The fourth-order valence-corrected chi connectivity index (χ4v) is 0.952. The zero-order chi connectivity index (χ0) is 8.39. The van der Waals surface area contributed by atoms with Gasteiger partial charge in [-0.25, -0.2) is 0 Å². The average Bonchev–Trinajstić information content (AvgIpc) is 2.58. The summed E-state index contributed by atoms with van der Waals surface area (Å²) in [5, 5.41) is 3.71. The lowest BCUT2D eigenvalue weighted by Crippen LogP contribution is -1.79. The van der Waals surface area contributed by atoms with Crippen molar-refractivity contribution < 1.29 is 4.52 Å². The van der Waals surface area contributed by atoms with Gasteiger partial charge in [0.05, 0.1) is 0 Å². The first kappa shape index (κ1) is 7.03. The van der Waals surface area contributed by atoms with Gasteiger partial charge >= 0.3 is 0 Å². The molecule has 12 heavy (non-hydrogen) atoms. The molecule has 1 heterocycles. The van der Waals surface area contributed by atoms with E-state index in [0.29, 0.717) is 5.82 Å². The molecule has 0 bridgehead atoms. The molecule has 0 unspecified atom stereocenters. The summed E-state index contributed by atoms with van der Waals surface area (Å²) >= 11 is 0. The zero-order valence-electron chi connectivity index (χ0n) is 6.40. The molecular formula is C9H7N2O. The third-order valence-electron chi connectivity index (χ3n) is 1.57. The molecule has 0 aliphatic heterocycles. The molecule has 0 aliphatic rings. The molecule has 2 rings (SSSR count). The number of hydrogen-bond acceptors (Lipinski definition) is 3. The van der Waals surface area contributed by atoms with Gasteiger partial charge in [-0.3, -0.25) is 0 Å². The predicted octanol–water partition coefficient (Wildman–Crippen LogP) is 1.92. The first-order valence-corrected chi connectivity index (χ1v) is 3.55. The van der Waals surface area contributed by atoms with Crippen LogP contribution in [0.15, 0.2) is 35.2 Å². The number of aromatic nitrogens is 2. The monoisotopic (exact) mass is 159 g/mol. The molecule has 3 nitrogen and oxygen atoms in total. The van der Waals surface area contributed by atoms with Crippen molar-refractivity contribution in [1.82, 2.24) is 10.1 Å². The molecule has 0 saturated carbocycles. The van der Waals surface area contributed by atoms with Gasteiger partial charge in [-0.05, 0) is 12.5 Å². The topological polar surface area (TPSA) is 38.9 Å². The Hall–Kier alpha value is -1.64. The Morgan fingerprint density at radius 1 is 1.17 bits per heavy atom. The number of hydrogen-bond donors (Lipinski definition) is 0. The molecule has 0 amide bonds. The quantitative estimate of drug-likeness (QED) is 0.638. The molecule has 1 radical (unpaired) electrons. The highest BCUT2D eigenvalue weighted by Crippen LogP contribution is 2.13. The Kier molecular flexibility index (Phi) is 1.63. The molecule has 0 saturated heterocycles. The molecular weight excluding hydrogens is 152 g/mol. The molecule has 2 aromatic rings. The highest BCUT2D eigenvalue weighted by Gasteiger charge is 2.00.